The number of nitrogen functional groups attached to an aromatic ring is 1. The van der Waals surface area contributed by atoms with E-state index in [-0.39, 0.29) is 12.3 Å². The molecule has 0 radical (unpaired) electrons. The van der Waals surface area contributed by atoms with Gasteiger partial charge in [0.05, 0.1) is 16.8 Å². The van der Waals surface area contributed by atoms with Gasteiger partial charge in [0.15, 0.2) is 0 Å². The topological polar surface area (TPSA) is 124 Å². The van der Waals surface area contributed by atoms with Gasteiger partial charge in [-0.25, -0.2) is 18.5 Å². The van der Waals surface area contributed by atoms with E-state index in [4.69, 9.17) is 10.9 Å². The Hall–Kier alpha value is -1.64. The number of rotatable bonds is 4. The highest BCUT2D eigenvalue weighted by atomic mass is 32.2. The predicted molar refractivity (Wildman–Crippen MR) is 72.8 cm³/mol. The molecule has 1 atom stereocenters. The summed E-state index contributed by atoms with van der Waals surface area (Å²) in [6.07, 6.45) is -0.811. The van der Waals surface area contributed by atoms with Gasteiger partial charge in [0.25, 0.3) is 0 Å². The molecule has 8 heteroatoms. The highest BCUT2D eigenvalue weighted by molar-refractivity contribution is 7.89. The van der Waals surface area contributed by atoms with Gasteiger partial charge in [-0.3, -0.25) is 0 Å². The third kappa shape index (κ3) is 3.03. The highest BCUT2D eigenvalue weighted by Gasteiger charge is 2.16. The molecule has 0 bridgehead atoms. The lowest BCUT2D eigenvalue weighted by Gasteiger charge is -2.10. The fourth-order valence-electron chi connectivity index (χ4n) is 1.94. The van der Waals surface area contributed by atoms with Gasteiger partial charge < -0.3 is 15.4 Å². The van der Waals surface area contributed by atoms with Crippen LogP contribution in [0.2, 0.25) is 0 Å². The van der Waals surface area contributed by atoms with Crippen molar-refractivity contribution >= 4 is 26.7 Å². The maximum Gasteiger partial charge on any atom is 0.210 e. The molecule has 1 heterocycles. The number of sulfonamides is 1. The first-order valence-electron chi connectivity index (χ1n) is 5.72. The van der Waals surface area contributed by atoms with Crippen molar-refractivity contribution in [3.63, 3.8) is 0 Å². The summed E-state index contributed by atoms with van der Waals surface area (Å²) in [5, 5.41) is 14.7. The summed E-state index contributed by atoms with van der Waals surface area (Å²) in [6.45, 7) is 1.71. The van der Waals surface area contributed by atoms with E-state index < -0.39 is 16.1 Å². The van der Waals surface area contributed by atoms with E-state index in [9.17, 15) is 13.5 Å². The number of anilines is 1. The fourth-order valence-corrected chi connectivity index (χ4v) is 2.37. The van der Waals surface area contributed by atoms with Crippen molar-refractivity contribution in [2.75, 3.05) is 11.5 Å². The lowest BCUT2D eigenvalue weighted by Crippen LogP contribution is -2.21. The zero-order valence-corrected chi connectivity index (χ0v) is 11.3. The Bertz CT molecular complexity index is 706. The smallest absolute Gasteiger partial charge is 0.210 e. The number of nitrogens with two attached hydrogens (primary N) is 2. The Balaban J connectivity index is 2.52. The summed E-state index contributed by atoms with van der Waals surface area (Å²) in [4.78, 5) is 4.27. The van der Waals surface area contributed by atoms with E-state index in [2.05, 4.69) is 4.98 Å². The van der Waals surface area contributed by atoms with Crippen molar-refractivity contribution in [1.29, 1.82) is 0 Å². The minimum Gasteiger partial charge on any atom is -0.399 e. The standard InChI is InChI=1S/C11H16N4O3S/c1-7(16)11-14-9-6-8(12)2-3-10(9)15(11)4-5-19(13,17)18/h2-3,6-7,16H,4-5,12H2,1H3,(H2,13,17,18). The molecule has 0 fully saturated rings. The summed E-state index contributed by atoms with van der Waals surface area (Å²) in [5.41, 5.74) is 7.56. The molecule has 0 saturated carbocycles. The van der Waals surface area contributed by atoms with Crippen molar-refractivity contribution in [1.82, 2.24) is 9.55 Å². The van der Waals surface area contributed by atoms with Gasteiger partial charge in [0.1, 0.15) is 11.9 Å². The molecule has 1 aromatic carbocycles. The van der Waals surface area contributed by atoms with Gasteiger partial charge in [-0.05, 0) is 25.1 Å². The molecule has 1 unspecified atom stereocenters. The predicted octanol–water partition coefficient (Wildman–Crippen LogP) is -0.0397. The van der Waals surface area contributed by atoms with Gasteiger partial charge in [0.2, 0.25) is 10.0 Å². The third-order valence-corrected chi connectivity index (χ3v) is 3.53. The molecule has 0 amide bonds. The molecular formula is C11H16N4O3S. The van der Waals surface area contributed by atoms with Crippen molar-refractivity contribution in [2.24, 2.45) is 5.14 Å². The summed E-state index contributed by atoms with van der Waals surface area (Å²) >= 11 is 0. The maximum atomic E-state index is 11.1. The Morgan fingerprint density at radius 2 is 2.16 bits per heavy atom. The average molecular weight is 284 g/mol. The molecule has 0 saturated heterocycles. The number of nitrogens with zero attached hydrogens (tertiary/aromatic N) is 2. The number of aryl methyl sites for hydroxylation is 1. The average Bonchev–Trinajstić information content (AvgIpc) is 2.63. The van der Waals surface area contributed by atoms with Crippen LogP contribution in [0.15, 0.2) is 18.2 Å². The SMILES string of the molecule is CC(O)c1nc2cc(N)ccc2n1CCS(N)(=O)=O. The number of aliphatic hydroxyl groups excluding tert-OH is 1. The fraction of sp³-hybridized carbons (Fsp3) is 0.364. The Labute approximate surface area is 110 Å². The zero-order chi connectivity index (χ0) is 14.2. The van der Waals surface area contributed by atoms with Gasteiger partial charge in [0, 0.05) is 12.2 Å². The van der Waals surface area contributed by atoms with Crippen molar-refractivity contribution < 1.29 is 13.5 Å². The maximum absolute atomic E-state index is 11.1. The van der Waals surface area contributed by atoms with Crippen LogP contribution < -0.4 is 10.9 Å². The molecule has 7 nitrogen and oxygen atoms in total. The normalized spacial score (nSPS) is 13.8. The Kier molecular flexibility index (Phi) is 3.48. The minimum atomic E-state index is -3.57. The van der Waals surface area contributed by atoms with Crippen LogP contribution in [0.5, 0.6) is 0 Å². The second-order valence-electron chi connectivity index (χ2n) is 4.41. The number of hydrogen-bond acceptors (Lipinski definition) is 5. The second kappa shape index (κ2) is 4.80. The van der Waals surface area contributed by atoms with E-state index in [1.54, 1.807) is 29.7 Å². The number of imidazole rings is 1. The number of benzene rings is 1. The molecule has 0 aliphatic carbocycles. The van der Waals surface area contributed by atoms with Gasteiger partial charge in [-0.15, -0.1) is 0 Å². The molecule has 1 aromatic heterocycles. The lowest BCUT2D eigenvalue weighted by molar-refractivity contribution is 0.185. The van der Waals surface area contributed by atoms with Gasteiger partial charge in [-0.2, -0.15) is 0 Å². The first kappa shape index (κ1) is 13.8. The molecule has 0 aliphatic heterocycles. The van der Waals surface area contributed by atoms with Crippen LogP contribution in [-0.4, -0.2) is 28.8 Å². The number of aromatic nitrogens is 2. The molecule has 19 heavy (non-hydrogen) atoms. The monoisotopic (exact) mass is 284 g/mol. The third-order valence-electron chi connectivity index (χ3n) is 2.77. The van der Waals surface area contributed by atoms with Crippen LogP contribution >= 0.6 is 0 Å². The molecule has 2 rings (SSSR count). The van der Waals surface area contributed by atoms with E-state index in [1.165, 1.54) is 0 Å². The quantitative estimate of drug-likeness (QED) is 0.679. The number of primary sulfonamides is 1. The van der Waals surface area contributed by atoms with E-state index in [0.29, 0.717) is 22.5 Å². The lowest BCUT2D eigenvalue weighted by atomic mass is 10.3. The number of fused-ring (bicyclic) bond motifs is 1. The number of aliphatic hydroxyl groups is 1. The van der Waals surface area contributed by atoms with Crippen LogP contribution in [0, 0.1) is 0 Å². The first-order valence-corrected chi connectivity index (χ1v) is 7.43. The molecule has 2 aromatic rings. The van der Waals surface area contributed by atoms with Crippen LogP contribution in [0.25, 0.3) is 11.0 Å². The second-order valence-corrected chi connectivity index (χ2v) is 6.15. The summed E-state index contributed by atoms with van der Waals surface area (Å²) in [5.74, 6) is 0.173. The van der Waals surface area contributed by atoms with Gasteiger partial charge >= 0.3 is 0 Å². The molecular weight excluding hydrogens is 268 g/mol. The van der Waals surface area contributed by atoms with E-state index >= 15 is 0 Å². The van der Waals surface area contributed by atoms with Crippen LogP contribution in [0.3, 0.4) is 0 Å². The molecule has 5 N–H and O–H groups in total. The van der Waals surface area contributed by atoms with Crippen molar-refractivity contribution in [2.45, 2.75) is 19.6 Å². The molecule has 0 spiro atoms. The molecule has 0 aliphatic rings. The van der Waals surface area contributed by atoms with E-state index in [1.807, 2.05) is 0 Å². The van der Waals surface area contributed by atoms with Crippen LogP contribution in [0.4, 0.5) is 5.69 Å². The Morgan fingerprint density at radius 3 is 2.74 bits per heavy atom. The van der Waals surface area contributed by atoms with Gasteiger partial charge in [-0.1, -0.05) is 0 Å². The van der Waals surface area contributed by atoms with E-state index in [0.717, 1.165) is 0 Å². The van der Waals surface area contributed by atoms with Crippen molar-refractivity contribution in [3.05, 3.63) is 24.0 Å². The van der Waals surface area contributed by atoms with Crippen molar-refractivity contribution in [3.8, 4) is 0 Å². The Morgan fingerprint density at radius 1 is 1.47 bits per heavy atom. The first-order chi connectivity index (χ1) is 8.78. The van der Waals surface area contributed by atoms with Crippen LogP contribution in [-0.2, 0) is 16.6 Å². The minimum absolute atomic E-state index is 0.138. The summed E-state index contributed by atoms with van der Waals surface area (Å²) in [7, 11) is -3.57. The number of hydrogen-bond donors (Lipinski definition) is 3. The highest BCUT2D eigenvalue weighted by Crippen LogP contribution is 2.22. The molecule has 104 valence electrons. The van der Waals surface area contributed by atoms with Crippen LogP contribution in [0.1, 0.15) is 18.9 Å². The largest absolute Gasteiger partial charge is 0.399 e. The summed E-state index contributed by atoms with van der Waals surface area (Å²) < 4.78 is 23.8. The zero-order valence-electron chi connectivity index (χ0n) is 10.4. The summed E-state index contributed by atoms with van der Waals surface area (Å²) in [6, 6.07) is 5.12.